The van der Waals surface area contributed by atoms with Gasteiger partial charge in [-0.25, -0.2) is 5.43 Å². The van der Waals surface area contributed by atoms with Gasteiger partial charge in [0, 0.05) is 108 Å². The van der Waals surface area contributed by atoms with Gasteiger partial charge >= 0.3 is 0 Å². The number of allylic oxidation sites excluding steroid dienone is 2. The quantitative estimate of drug-likeness (QED) is 0.0106. The Morgan fingerprint density at radius 3 is 1.43 bits per heavy atom. The third-order valence-electron chi connectivity index (χ3n) is 20.8. The first kappa shape index (κ1) is 73.1. The van der Waals surface area contributed by atoms with E-state index in [1.807, 2.05) is 56.1 Å². The van der Waals surface area contributed by atoms with Gasteiger partial charge in [-0.3, -0.25) is 52.7 Å². The standard InChI is InChI=1S/C18H21N5O.2C13H17N3.2C13H15N3.C9H5NO.C4H10N2/c1-12-10-17(21-20-12)18(24)23(22-14-5-3-6-14)11-13-4-2-7-16-15(13)8-9-19-16;4*1-3-10-7-8-14-13(10)11(4-1)9-15-16-12-5-2-6-12;11-6-7-2-1-3-9-8(7)4-5-10-9;5-6-4-2-1-3-4/h2,4,7-10,14,19,22H,3,5-6,11H2,1H3,(H,20,21);2*1,3-4,7-8,12,14-16H,2,5-6,9H2;2*1,3-4,7-8,12,14H,2,5-6,9H2;1-2,4-6H;4,6H,1-3,5H2/p+1. The molecule has 7 heterocycles. The molecule has 5 aromatic carbocycles. The summed E-state index contributed by atoms with van der Waals surface area (Å²) in [4.78, 5) is 42.7. The average Bonchev–Trinajstić information content (AvgIpc) is 1.82. The normalized spacial score (nSPS) is 16.3. The van der Waals surface area contributed by atoms with Crippen LogP contribution in [0.15, 0.2) is 203 Å². The van der Waals surface area contributed by atoms with Gasteiger partial charge < -0.3 is 29.9 Å². The molecule has 12 aromatic rings. The molecule has 0 aliphatic heterocycles. The molecule has 1 amide bonds. The van der Waals surface area contributed by atoms with Gasteiger partial charge in [0.25, 0.3) is 5.91 Å². The summed E-state index contributed by atoms with van der Waals surface area (Å²) in [6, 6.07) is 49.0. The largest absolute Gasteiger partial charge is 0.361 e. The summed E-state index contributed by atoms with van der Waals surface area (Å²) >= 11 is 0. The number of aldehydes is 1. The maximum Gasteiger partial charge on any atom is 0.288 e. The molecule has 7 aliphatic carbocycles. The summed E-state index contributed by atoms with van der Waals surface area (Å²) in [5.74, 6) is 4.99. The lowest BCUT2D eigenvalue weighted by molar-refractivity contribution is -0.103. The fourth-order valence-electron chi connectivity index (χ4n) is 13.1. The monoisotopic (exact) mass is 1410 g/mol. The van der Waals surface area contributed by atoms with E-state index in [0.717, 1.165) is 64.9 Å². The Morgan fingerprint density at radius 1 is 0.533 bits per heavy atom. The molecule has 0 atom stereocenters. The lowest BCUT2D eigenvalue weighted by Crippen LogP contribution is -2.50. The number of amides is 1. The number of hydrazine groups is 4. The number of benzene rings is 5. The minimum Gasteiger partial charge on any atom is -0.361 e. The van der Waals surface area contributed by atoms with Gasteiger partial charge in [0.2, 0.25) is 5.35 Å². The number of hydrogen-bond acceptors (Lipinski definition) is 14. The highest BCUT2D eigenvalue weighted by Gasteiger charge is 2.27. The van der Waals surface area contributed by atoms with Crippen LogP contribution in [0.4, 0.5) is 0 Å². The number of azo groups is 2. The number of hydrogen-bond donors (Lipinski definition) is 14. The second-order valence-corrected chi connectivity index (χ2v) is 28.2. The van der Waals surface area contributed by atoms with Crippen LogP contribution in [0.25, 0.3) is 66.2 Å². The van der Waals surface area contributed by atoms with Gasteiger partial charge in [-0.1, -0.05) is 111 Å². The van der Waals surface area contributed by atoms with E-state index in [2.05, 4.69) is 208 Å². The highest BCUT2D eigenvalue weighted by molar-refractivity contribution is 6.04. The third kappa shape index (κ3) is 20.0. The molecule has 0 spiro atoms. The Bertz CT molecular complexity index is 4730. The predicted octanol–water partition coefficient (Wildman–Crippen LogP) is 14.5. The summed E-state index contributed by atoms with van der Waals surface area (Å²) in [7, 11) is 0. The highest BCUT2D eigenvalue weighted by atomic mass is 16.2. The number of aryl methyl sites for hydroxylation is 1. The van der Waals surface area contributed by atoms with Crippen molar-refractivity contribution in [3.8, 4) is 0 Å². The average molecular weight is 1410 g/mol. The Morgan fingerprint density at radius 2 is 0.990 bits per heavy atom. The number of nitrogens with two attached hydrogens (primary N) is 1. The molecule has 105 heavy (non-hydrogen) atoms. The van der Waals surface area contributed by atoms with E-state index in [-0.39, 0.29) is 5.91 Å². The molecule has 7 aliphatic rings. The van der Waals surface area contributed by atoms with Crippen LogP contribution >= 0.6 is 0 Å². The van der Waals surface area contributed by atoms with Crippen LogP contribution in [-0.2, 0) is 37.5 Å². The second kappa shape index (κ2) is 37.4. The number of aromatic amines is 7. The molecule has 6 saturated carbocycles. The summed E-state index contributed by atoms with van der Waals surface area (Å²) in [6.07, 6.45) is 41.8. The summed E-state index contributed by atoms with van der Waals surface area (Å²) in [6.45, 7) is 5.52. The predicted molar refractivity (Wildman–Crippen MR) is 420 cm³/mol. The van der Waals surface area contributed by atoms with Crippen molar-refractivity contribution in [2.75, 3.05) is 0 Å². The number of nitrogens with one attached hydrogen (secondary N) is 13. The molecule has 544 valence electrons. The Hall–Kier alpha value is -10.3. The highest BCUT2D eigenvalue weighted by Crippen LogP contribution is 2.28. The number of para-hydroxylation sites is 4. The van der Waals surface area contributed by atoms with Gasteiger partial charge in [0.1, 0.15) is 16.9 Å². The molecule has 19 rings (SSSR count). The van der Waals surface area contributed by atoms with Crippen molar-refractivity contribution in [2.45, 2.75) is 191 Å². The van der Waals surface area contributed by atoms with Crippen LogP contribution < -0.4 is 49.0 Å². The number of carbonyl (C=O) groups excluding carboxylic acids is 2. The summed E-state index contributed by atoms with van der Waals surface area (Å²) in [5.41, 5.74) is 33.6. The van der Waals surface area contributed by atoms with E-state index in [9.17, 15) is 9.59 Å². The lowest BCUT2D eigenvalue weighted by Gasteiger charge is -2.33. The topological polar surface area (TPSA) is 308 Å². The SMILES string of the molecule is Cc1cc(C(=O)N(Cc2cccc3[nH]ccc23)NC2CCC2)n[nH]1.NNC1CCC1.O=CC1=c2cc[nH]c2=[C+]C=C1.c1cc(CN=NC2CCC2)c2[nH]ccc2c1.c1cc(CN=NC2CCC2)c2[nH]ccc2c1.c1cc(CNNC2CCC2)c2[nH]ccc2c1.c1cc(CNNC2CCC2)c2[nH]ccc2c1. The zero-order valence-electron chi connectivity index (χ0n) is 60.2. The molecule has 0 unspecified atom stereocenters. The molecule has 6 fully saturated rings. The van der Waals surface area contributed by atoms with Crippen LogP contribution in [0.2, 0.25) is 0 Å². The minimum absolute atomic E-state index is 0.0983. The first-order chi connectivity index (χ1) is 51.8. The third-order valence-corrected chi connectivity index (χ3v) is 20.8. The van der Waals surface area contributed by atoms with Crippen LogP contribution in [0, 0.1) is 6.92 Å². The molecule has 0 bridgehead atoms. The zero-order chi connectivity index (χ0) is 71.8. The van der Waals surface area contributed by atoms with E-state index in [1.165, 1.54) is 169 Å². The Kier molecular flexibility index (Phi) is 26.1. The molecular weight excluding hydrogens is 1310 g/mol. The smallest absolute Gasteiger partial charge is 0.288 e. The van der Waals surface area contributed by atoms with Crippen molar-refractivity contribution >= 4 is 78.4 Å². The molecule has 22 nitrogen and oxygen atoms in total. The second-order valence-electron chi connectivity index (χ2n) is 28.2. The number of fused-ring (bicyclic) bond motifs is 6. The van der Waals surface area contributed by atoms with Crippen LogP contribution in [0.3, 0.4) is 0 Å². The van der Waals surface area contributed by atoms with E-state index in [4.69, 9.17) is 5.84 Å². The van der Waals surface area contributed by atoms with Crippen LogP contribution in [0.5, 0.6) is 0 Å². The maximum atomic E-state index is 12.9. The van der Waals surface area contributed by atoms with E-state index < -0.39 is 0 Å². The summed E-state index contributed by atoms with van der Waals surface area (Å²) < 4.78 is 0. The van der Waals surface area contributed by atoms with Gasteiger partial charge in [-0.2, -0.15) is 25.6 Å². The van der Waals surface area contributed by atoms with Crippen molar-refractivity contribution in [1.82, 2.24) is 77.7 Å². The van der Waals surface area contributed by atoms with Crippen molar-refractivity contribution in [1.29, 1.82) is 0 Å². The number of H-pyrrole nitrogens is 7. The molecule has 0 radical (unpaired) electrons. The van der Waals surface area contributed by atoms with E-state index in [0.29, 0.717) is 67.2 Å². The van der Waals surface area contributed by atoms with Crippen LogP contribution in [-0.4, -0.2) is 93.6 Å². The lowest BCUT2D eigenvalue weighted by atomic mass is 9.94. The number of aromatic nitrogens is 8. The number of rotatable bonds is 21. The number of nitrogens with zero attached hydrogens (tertiary/aromatic N) is 6. The van der Waals surface area contributed by atoms with Crippen LogP contribution in [0.1, 0.15) is 160 Å². The van der Waals surface area contributed by atoms with E-state index >= 15 is 0 Å². The van der Waals surface area contributed by atoms with Crippen molar-refractivity contribution < 1.29 is 9.59 Å². The molecule has 7 aromatic heterocycles. The molecule has 22 heteroatoms. The molecule has 15 N–H and O–H groups in total. The van der Waals surface area contributed by atoms with E-state index in [1.54, 1.807) is 29.4 Å². The minimum atomic E-state index is -0.0983. The zero-order valence-corrected chi connectivity index (χ0v) is 60.2. The first-order valence-corrected chi connectivity index (χ1v) is 37.7. The fraction of sp³-hybridized carbons (Fsp3) is 0.361. The maximum absolute atomic E-state index is 12.9. The van der Waals surface area contributed by atoms with Crippen molar-refractivity contribution in [3.05, 3.63) is 233 Å². The first-order valence-electron chi connectivity index (χ1n) is 37.7. The Balaban J connectivity index is 0.000000111. The van der Waals surface area contributed by atoms with Crippen molar-refractivity contribution in [2.24, 2.45) is 26.3 Å². The number of carbonyl (C=O) groups is 2. The van der Waals surface area contributed by atoms with Gasteiger partial charge in [0.05, 0.1) is 54.9 Å². The summed E-state index contributed by atoms with van der Waals surface area (Å²) in [5, 5.41) is 33.9. The Labute approximate surface area is 612 Å². The molecule has 0 saturated heterocycles. The van der Waals surface area contributed by atoms with Gasteiger partial charge in [0.15, 0.2) is 12.0 Å². The molecular formula is C83H101N20O2+. The van der Waals surface area contributed by atoms with Gasteiger partial charge in [-0.05, 0) is 189 Å². The van der Waals surface area contributed by atoms with Gasteiger partial charge in [-0.15, -0.1) is 0 Å². The fourth-order valence-corrected chi connectivity index (χ4v) is 13.1. The van der Waals surface area contributed by atoms with Crippen molar-refractivity contribution in [3.63, 3.8) is 0 Å².